The zero-order valence-electron chi connectivity index (χ0n) is 9.01. The van der Waals surface area contributed by atoms with E-state index in [1.807, 2.05) is 0 Å². The molecule has 0 aromatic heterocycles. The topological polar surface area (TPSA) is 41.5 Å². The van der Waals surface area contributed by atoms with E-state index in [-0.39, 0.29) is 0 Å². The molecule has 0 amide bonds. The molecule has 0 bridgehead atoms. The van der Waals surface area contributed by atoms with Crippen molar-refractivity contribution in [2.24, 2.45) is 0 Å². The largest absolute Gasteiger partial charge is 0.388 e. The molecule has 3 heteroatoms. The highest BCUT2D eigenvalue weighted by Crippen LogP contribution is 2.19. The molecule has 0 unspecified atom stereocenters. The fraction of sp³-hybridized carbons (Fsp3) is 0.818. The first-order chi connectivity index (χ1) is 6.66. The minimum absolute atomic E-state index is 0.563. The molecular formula is C11H21NO2. The van der Waals surface area contributed by atoms with E-state index in [4.69, 9.17) is 4.74 Å². The van der Waals surface area contributed by atoms with Crippen molar-refractivity contribution in [1.82, 2.24) is 5.32 Å². The van der Waals surface area contributed by atoms with Gasteiger partial charge >= 0.3 is 0 Å². The summed E-state index contributed by atoms with van der Waals surface area (Å²) < 4.78 is 5.21. The van der Waals surface area contributed by atoms with Gasteiger partial charge in [-0.1, -0.05) is 19.1 Å². The smallest absolute Gasteiger partial charge is 0.0815 e. The van der Waals surface area contributed by atoms with Crippen LogP contribution in [0.1, 0.15) is 26.2 Å². The third kappa shape index (κ3) is 3.78. The second-order valence-corrected chi connectivity index (χ2v) is 4.04. The van der Waals surface area contributed by atoms with E-state index in [9.17, 15) is 5.11 Å². The highest BCUT2D eigenvalue weighted by Gasteiger charge is 2.28. The molecule has 3 nitrogen and oxygen atoms in total. The summed E-state index contributed by atoms with van der Waals surface area (Å²) in [4.78, 5) is 0. The molecule has 2 N–H and O–H groups in total. The van der Waals surface area contributed by atoms with Crippen molar-refractivity contribution < 1.29 is 9.84 Å². The maximum absolute atomic E-state index is 10.1. The second kappa shape index (κ2) is 5.49. The normalized spacial score (nSPS) is 20.7. The summed E-state index contributed by atoms with van der Waals surface area (Å²) in [7, 11) is 0. The fourth-order valence-corrected chi connectivity index (χ4v) is 1.53. The van der Waals surface area contributed by atoms with Crippen molar-refractivity contribution in [2.75, 3.05) is 26.3 Å². The van der Waals surface area contributed by atoms with Crippen molar-refractivity contribution in [3.05, 3.63) is 12.2 Å². The standard InChI is InChI=1S/C11H21NO2/c1-3-10(2)8-12-9-11(13)4-6-14-7-5-11/h12-13H,2-9H2,1H3. The average Bonchev–Trinajstić information content (AvgIpc) is 2.18. The molecule has 0 radical (unpaired) electrons. The molecule has 0 aliphatic carbocycles. The van der Waals surface area contributed by atoms with Crippen LogP contribution in [0.4, 0.5) is 0 Å². The van der Waals surface area contributed by atoms with Crippen molar-refractivity contribution in [3.63, 3.8) is 0 Å². The lowest BCUT2D eigenvalue weighted by Gasteiger charge is -2.32. The first-order valence-electron chi connectivity index (χ1n) is 5.34. The Balaban J connectivity index is 2.18. The molecule has 1 fully saturated rings. The molecule has 1 rings (SSSR count). The van der Waals surface area contributed by atoms with Gasteiger partial charge in [-0.15, -0.1) is 0 Å². The van der Waals surface area contributed by atoms with Crippen LogP contribution in [0.15, 0.2) is 12.2 Å². The van der Waals surface area contributed by atoms with Gasteiger partial charge < -0.3 is 15.2 Å². The van der Waals surface area contributed by atoms with Crippen LogP contribution in [0, 0.1) is 0 Å². The van der Waals surface area contributed by atoms with Gasteiger partial charge in [0.15, 0.2) is 0 Å². The van der Waals surface area contributed by atoms with Crippen molar-refractivity contribution >= 4 is 0 Å². The van der Waals surface area contributed by atoms with E-state index >= 15 is 0 Å². The number of rotatable bonds is 5. The number of ether oxygens (including phenoxy) is 1. The number of hydrogen-bond donors (Lipinski definition) is 2. The summed E-state index contributed by atoms with van der Waals surface area (Å²) in [5.41, 5.74) is 0.618. The molecule has 0 saturated carbocycles. The van der Waals surface area contributed by atoms with Crippen molar-refractivity contribution in [1.29, 1.82) is 0 Å². The molecule has 1 saturated heterocycles. The third-order valence-corrected chi connectivity index (χ3v) is 2.75. The Bertz CT molecular complexity index is 186. The van der Waals surface area contributed by atoms with E-state index < -0.39 is 5.60 Å². The predicted molar refractivity (Wildman–Crippen MR) is 57.3 cm³/mol. The lowest BCUT2D eigenvalue weighted by Crippen LogP contribution is -2.45. The molecule has 1 heterocycles. The number of aliphatic hydroxyl groups is 1. The second-order valence-electron chi connectivity index (χ2n) is 4.04. The Morgan fingerprint density at radius 2 is 2.14 bits per heavy atom. The van der Waals surface area contributed by atoms with Crippen molar-refractivity contribution in [3.8, 4) is 0 Å². The molecule has 0 spiro atoms. The summed E-state index contributed by atoms with van der Waals surface area (Å²) in [6.45, 7) is 8.80. The maximum atomic E-state index is 10.1. The van der Waals surface area contributed by atoms with Crippen molar-refractivity contribution in [2.45, 2.75) is 31.8 Å². The molecule has 0 aromatic rings. The average molecular weight is 199 g/mol. The Morgan fingerprint density at radius 1 is 1.50 bits per heavy atom. The highest BCUT2D eigenvalue weighted by atomic mass is 16.5. The first-order valence-corrected chi connectivity index (χ1v) is 5.34. The van der Waals surface area contributed by atoms with Gasteiger partial charge in [0, 0.05) is 39.1 Å². The molecule has 0 aromatic carbocycles. The Labute approximate surface area is 86.2 Å². The lowest BCUT2D eigenvalue weighted by molar-refractivity contribution is -0.0611. The predicted octanol–water partition coefficient (Wildman–Crippen LogP) is 1.08. The molecular weight excluding hydrogens is 178 g/mol. The Hall–Kier alpha value is -0.380. The SMILES string of the molecule is C=C(CC)CNCC1(O)CCOCC1. The van der Waals surface area contributed by atoms with Crippen LogP contribution in [0.25, 0.3) is 0 Å². The van der Waals surface area contributed by atoms with E-state index in [1.165, 1.54) is 5.57 Å². The number of nitrogens with one attached hydrogen (secondary N) is 1. The van der Waals surface area contributed by atoms with Gasteiger partial charge in [-0.05, 0) is 6.42 Å². The zero-order valence-corrected chi connectivity index (χ0v) is 9.01. The van der Waals surface area contributed by atoms with Gasteiger partial charge in [-0.25, -0.2) is 0 Å². The molecule has 0 atom stereocenters. The first kappa shape index (κ1) is 11.7. The van der Waals surface area contributed by atoms with E-state index in [2.05, 4.69) is 18.8 Å². The van der Waals surface area contributed by atoms with E-state index in [0.717, 1.165) is 25.8 Å². The van der Waals surface area contributed by atoms with E-state index in [1.54, 1.807) is 0 Å². The van der Waals surface area contributed by atoms with Gasteiger partial charge in [0.05, 0.1) is 5.60 Å². The van der Waals surface area contributed by atoms with Crippen LogP contribution >= 0.6 is 0 Å². The third-order valence-electron chi connectivity index (χ3n) is 2.75. The maximum Gasteiger partial charge on any atom is 0.0815 e. The van der Waals surface area contributed by atoms with Gasteiger partial charge in [0.2, 0.25) is 0 Å². The monoisotopic (exact) mass is 199 g/mol. The summed E-state index contributed by atoms with van der Waals surface area (Å²) in [5, 5.41) is 13.3. The zero-order chi connectivity index (χ0) is 10.4. The minimum Gasteiger partial charge on any atom is -0.388 e. The quantitative estimate of drug-likeness (QED) is 0.651. The molecule has 82 valence electrons. The minimum atomic E-state index is -0.563. The summed E-state index contributed by atoms with van der Waals surface area (Å²) in [5.74, 6) is 0. The van der Waals surface area contributed by atoms with Gasteiger partial charge in [-0.3, -0.25) is 0 Å². The Morgan fingerprint density at radius 3 is 2.71 bits per heavy atom. The van der Waals surface area contributed by atoms with Gasteiger partial charge in [0.1, 0.15) is 0 Å². The molecule has 1 aliphatic heterocycles. The van der Waals surface area contributed by atoms with Gasteiger partial charge in [-0.2, -0.15) is 0 Å². The molecule has 14 heavy (non-hydrogen) atoms. The fourth-order valence-electron chi connectivity index (χ4n) is 1.53. The van der Waals surface area contributed by atoms with Crippen LogP contribution in [0.2, 0.25) is 0 Å². The summed E-state index contributed by atoms with van der Waals surface area (Å²) in [6.07, 6.45) is 2.46. The Kier molecular flexibility index (Phi) is 4.58. The van der Waals surface area contributed by atoms with Crippen LogP contribution in [0.3, 0.4) is 0 Å². The van der Waals surface area contributed by atoms with Crippen LogP contribution < -0.4 is 5.32 Å². The number of hydrogen-bond acceptors (Lipinski definition) is 3. The summed E-state index contributed by atoms with van der Waals surface area (Å²) in [6, 6.07) is 0. The van der Waals surface area contributed by atoms with Crippen LogP contribution in [0.5, 0.6) is 0 Å². The highest BCUT2D eigenvalue weighted by molar-refractivity contribution is 4.96. The van der Waals surface area contributed by atoms with Gasteiger partial charge in [0.25, 0.3) is 0 Å². The molecule has 1 aliphatic rings. The van der Waals surface area contributed by atoms with Crippen LogP contribution in [-0.4, -0.2) is 37.0 Å². The lowest BCUT2D eigenvalue weighted by atomic mass is 9.94. The summed E-state index contributed by atoms with van der Waals surface area (Å²) >= 11 is 0. The van der Waals surface area contributed by atoms with E-state index in [0.29, 0.717) is 19.8 Å². The van der Waals surface area contributed by atoms with Crippen LogP contribution in [-0.2, 0) is 4.74 Å².